The van der Waals surface area contributed by atoms with E-state index in [0.29, 0.717) is 11.8 Å². The molecule has 0 heterocycles. The third kappa shape index (κ3) is 5.09. The van der Waals surface area contributed by atoms with Crippen molar-refractivity contribution in [3.8, 4) is 0 Å². The van der Waals surface area contributed by atoms with Crippen LogP contribution in [0, 0.1) is 23.7 Å². The van der Waals surface area contributed by atoms with Gasteiger partial charge in [0, 0.05) is 23.2 Å². The average Bonchev–Trinajstić information content (AvgIpc) is 3.54. The zero-order valence-corrected chi connectivity index (χ0v) is 16.1. The van der Waals surface area contributed by atoms with Crippen molar-refractivity contribution in [2.75, 3.05) is 10.6 Å². The third-order valence-corrected chi connectivity index (χ3v) is 5.80. The molecule has 2 aliphatic carbocycles. The number of unbranched alkanes of at least 4 members (excludes halogenated alkanes) is 2. The van der Waals surface area contributed by atoms with Crippen LogP contribution in [-0.2, 0) is 9.59 Å². The van der Waals surface area contributed by atoms with Crippen LogP contribution in [0.1, 0.15) is 65.2 Å². The second kappa shape index (κ2) is 8.70. The zero-order chi connectivity index (χ0) is 18.5. The summed E-state index contributed by atoms with van der Waals surface area (Å²) >= 11 is 0. The minimum atomic E-state index is 0.139. The summed E-state index contributed by atoms with van der Waals surface area (Å²) in [5.41, 5.74) is 1.61. The SMILES string of the molecule is CCCC[C@H]1C[C@@H]1C(=O)Nc1ccc(NC(=O)[C@@H]2C[C@@H]2CCCC)cc1. The van der Waals surface area contributed by atoms with Crippen molar-refractivity contribution < 1.29 is 9.59 Å². The van der Waals surface area contributed by atoms with Crippen molar-refractivity contribution in [3.63, 3.8) is 0 Å². The van der Waals surface area contributed by atoms with E-state index in [1.54, 1.807) is 0 Å². The number of carbonyl (C=O) groups is 2. The van der Waals surface area contributed by atoms with Crippen molar-refractivity contribution >= 4 is 23.2 Å². The summed E-state index contributed by atoms with van der Waals surface area (Å²) in [5, 5.41) is 6.01. The van der Waals surface area contributed by atoms with E-state index < -0.39 is 0 Å². The Bertz CT molecular complexity index is 571. The summed E-state index contributed by atoms with van der Waals surface area (Å²) in [7, 11) is 0. The largest absolute Gasteiger partial charge is 0.326 e. The lowest BCUT2D eigenvalue weighted by Gasteiger charge is -2.08. The topological polar surface area (TPSA) is 58.2 Å². The molecule has 0 bridgehead atoms. The van der Waals surface area contributed by atoms with Crippen molar-refractivity contribution in [1.29, 1.82) is 0 Å². The maximum Gasteiger partial charge on any atom is 0.227 e. The van der Waals surface area contributed by atoms with E-state index in [1.165, 1.54) is 38.5 Å². The number of hydrogen-bond acceptors (Lipinski definition) is 2. The molecule has 4 atom stereocenters. The Kier molecular flexibility index (Phi) is 6.33. The van der Waals surface area contributed by atoms with E-state index in [4.69, 9.17) is 0 Å². The van der Waals surface area contributed by atoms with Gasteiger partial charge in [-0.15, -0.1) is 0 Å². The summed E-state index contributed by atoms with van der Waals surface area (Å²) in [6.07, 6.45) is 9.20. The normalized spacial score (nSPS) is 26.2. The minimum absolute atomic E-state index is 0.139. The fourth-order valence-corrected chi connectivity index (χ4v) is 3.81. The Morgan fingerprint density at radius 3 is 1.54 bits per heavy atom. The van der Waals surface area contributed by atoms with Gasteiger partial charge in [-0.25, -0.2) is 0 Å². The quantitative estimate of drug-likeness (QED) is 0.604. The molecule has 0 radical (unpaired) electrons. The van der Waals surface area contributed by atoms with Gasteiger partial charge in [0.2, 0.25) is 11.8 Å². The van der Waals surface area contributed by atoms with Crippen LogP contribution in [0.4, 0.5) is 11.4 Å². The monoisotopic (exact) mass is 356 g/mol. The number of benzene rings is 1. The molecule has 1 aromatic rings. The number of rotatable bonds is 10. The molecule has 4 nitrogen and oxygen atoms in total. The summed E-state index contributed by atoms with van der Waals surface area (Å²) in [4.78, 5) is 24.5. The first-order chi connectivity index (χ1) is 12.6. The number of nitrogens with one attached hydrogen (secondary N) is 2. The number of hydrogen-bond donors (Lipinski definition) is 2. The highest BCUT2D eigenvalue weighted by Crippen LogP contribution is 2.44. The average molecular weight is 357 g/mol. The Morgan fingerprint density at radius 2 is 1.19 bits per heavy atom. The molecule has 2 aliphatic rings. The predicted molar refractivity (Wildman–Crippen MR) is 106 cm³/mol. The molecule has 142 valence electrons. The standard InChI is InChI=1S/C22H32N2O2/c1-3-5-7-15-13-19(15)21(25)23-17-9-11-18(12-10-17)24-22(26)20-14-16(20)8-6-4-2/h9-12,15-16,19-20H,3-8,13-14H2,1-2H3,(H,23,25)(H,24,26)/t15-,16-,19-,20+/m0/s1. The Balaban J connectivity index is 1.41. The fourth-order valence-electron chi connectivity index (χ4n) is 3.81. The van der Waals surface area contributed by atoms with Gasteiger partial charge in [-0.05, 0) is 61.8 Å². The van der Waals surface area contributed by atoms with Crippen molar-refractivity contribution in [2.24, 2.45) is 23.7 Å². The van der Waals surface area contributed by atoms with Gasteiger partial charge in [0.15, 0.2) is 0 Å². The molecule has 0 aromatic heterocycles. The lowest BCUT2D eigenvalue weighted by molar-refractivity contribution is -0.118. The van der Waals surface area contributed by atoms with Crippen molar-refractivity contribution in [2.45, 2.75) is 65.2 Å². The second-order valence-electron chi connectivity index (χ2n) is 8.04. The second-order valence-corrected chi connectivity index (χ2v) is 8.04. The summed E-state index contributed by atoms with van der Waals surface area (Å²) < 4.78 is 0. The van der Waals surface area contributed by atoms with E-state index in [9.17, 15) is 9.59 Å². The molecule has 3 rings (SSSR count). The Morgan fingerprint density at radius 1 is 0.808 bits per heavy atom. The lowest BCUT2D eigenvalue weighted by Crippen LogP contribution is -2.16. The van der Waals surface area contributed by atoms with Gasteiger partial charge in [0.05, 0.1) is 0 Å². The van der Waals surface area contributed by atoms with Crippen LogP contribution in [0.25, 0.3) is 0 Å². The van der Waals surface area contributed by atoms with Gasteiger partial charge in [-0.1, -0.05) is 39.5 Å². The van der Waals surface area contributed by atoms with Crippen molar-refractivity contribution in [3.05, 3.63) is 24.3 Å². The predicted octanol–water partition coefficient (Wildman–Crippen LogP) is 5.22. The molecule has 0 unspecified atom stereocenters. The van der Waals surface area contributed by atoms with Crippen LogP contribution in [0.15, 0.2) is 24.3 Å². The highest BCUT2D eigenvalue weighted by molar-refractivity contribution is 5.96. The minimum Gasteiger partial charge on any atom is -0.326 e. The summed E-state index contributed by atoms with van der Waals surface area (Å²) in [5.74, 6) is 1.81. The van der Waals surface area contributed by atoms with E-state index in [2.05, 4.69) is 24.5 Å². The molecule has 4 heteroatoms. The number of carbonyl (C=O) groups excluding carboxylic acids is 2. The lowest BCUT2D eigenvalue weighted by atomic mass is 10.1. The summed E-state index contributed by atoms with van der Waals surface area (Å²) in [6, 6.07) is 7.49. The molecular weight excluding hydrogens is 324 g/mol. The van der Waals surface area contributed by atoms with Crippen LogP contribution in [0.3, 0.4) is 0 Å². The van der Waals surface area contributed by atoms with E-state index in [-0.39, 0.29) is 23.7 Å². The molecule has 2 amide bonds. The van der Waals surface area contributed by atoms with Gasteiger partial charge >= 0.3 is 0 Å². The first-order valence-corrected chi connectivity index (χ1v) is 10.3. The summed E-state index contributed by atoms with van der Waals surface area (Å²) in [6.45, 7) is 4.37. The van der Waals surface area contributed by atoms with E-state index >= 15 is 0 Å². The van der Waals surface area contributed by atoms with Gasteiger partial charge in [0.25, 0.3) is 0 Å². The van der Waals surface area contributed by atoms with Gasteiger partial charge in [-0.2, -0.15) is 0 Å². The molecule has 0 saturated heterocycles. The smallest absolute Gasteiger partial charge is 0.227 e. The molecule has 2 saturated carbocycles. The fraction of sp³-hybridized carbons (Fsp3) is 0.636. The Labute approximate surface area is 157 Å². The molecular formula is C22H32N2O2. The van der Waals surface area contributed by atoms with E-state index in [0.717, 1.165) is 24.2 Å². The highest BCUT2D eigenvalue weighted by Gasteiger charge is 2.42. The van der Waals surface area contributed by atoms with Crippen LogP contribution in [0.5, 0.6) is 0 Å². The number of anilines is 2. The first-order valence-electron chi connectivity index (χ1n) is 10.3. The molecule has 0 spiro atoms. The zero-order valence-electron chi connectivity index (χ0n) is 16.1. The van der Waals surface area contributed by atoms with Gasteiger partial charge in [0.1, 0.15) is 0 Å². The van der Waals surface area contributed by atoms with Gasteiger partial charge < -0.3 is 10.6 Å². The molecule has 2 fully saturated rings. The molecule has 1 aromatic carbocycles. The Hall–Kier alpha value is -1.84. The maximum atomic E-state index is 12.3. The maximum absolute atomic E-state index is 12.3. The van der Waals surface area contributed by atoms with Gasteiger partial charge in [-0.3, -0.25) is 9.59 Å². The third-order valence-electron chi connectivity index (χ3n) is 5.80. The van der Waals surface area contributed by atoms with Crippen LogP contribution < -0.4 is 10.6 Å². The first kappa shape index (κ1) is 18.9. The van der Waals surface area contributed by atoms with E-state index in [1.807, 2.05) is 24.3 Å². The molecule has 26 heavy (non-hydrogen) atoms. The van der Waals surface area contributed by atoms with Crippen molar-refractivity contribution in [1.82, 2.24) is 0 Å². The number of amides is 2. The van der Waals surface area contributed by atoms with Crippen LogP contribution in [-0.4, -0.2) is 11.8 Å². The molecule has 0 aliphatic heterocycles. The van der Waals surface area contributed by atoms with Crippen LogP contribution >= 0.6 is 0 Å². The highest BCUT2D eigenvalue weighted by atomic mass is 16.2. The molecule has 2 N–H and O–H groups in total. The van der Waals surface area contributed by atoms with Crippen LogP contribution in [0.2, 0.25) is 0 Å².